The summed E-state index contributed by atoms with van der Waals surface area (Å²) in [5, 5.41) is 1.46. The molecule has 4 rings (SSSR count). The van der Waals surface area contributed by atoms with E-state index in [2.05, 4.69) is 9.98 Å². The molecule has 1 aromatic carbocycles. The van der Waals surface area contributed by atoms with Crippen molar-refractivity contribution in [3.05, 3.63) is 47.4 Å². The summed E-state index contributed by atoms with van der Waals surface area (Å²) in [5.74, 6) is -0.0831. The van der Waals surface area contributed by atoms with Gasteiger partial charge in [0.05, 0.1) is 11.3 Å². The van der Waals surface area contributed by atoms with Crippen LogP contribution >= 0.6 is 0 Å². The second-order valence-corrected chi connectivity index (χ2v) is 7.48. The number of aromatic nitrogens is 1. The number of aliphatic imine (C=N–C) groups is 1. The van der Waals surface area contributed by atoms with E-state index in [9.17, 15) is 13.6 Å². The summed E-state index contributed by atoms with van der Waals surface area (Å²) in [7, 11) is 0. The molecule has 1 aliphatic heterocycles. The first-order valence-corrected chi connectivity index (χ1v) is 9.81. The lowest BCUT2D eigenvalue weighted by atomic mass is 9.99. The molecule has 1 amide bonds. The van der Waals surface area contributed by atoms with Crippen LogP contribution in [0.4, 0.5) is 14.6 Å². The Morgan fingerprint density at radius 1 is 1.25 bits per heavy atom. The molecular formula is C22H23F2N3O. The summed E-state index contributed by atoms with van der Waals surface area (Å²) in [5.41, 5.74) is 1.53. The fraction of sp³-hybridized carbons (Fsp3) is 0.409. The van der Waals surface area contributed by atoms with Crippen LogP contribution in [-0.2, 0) is 0 Å². The van der Waals surface area contributed by atoms with Crippen molar-refractivity contribution in [1.82, 2.24) is 9.88 Å². The van der Waals surface area contributed by atoms with E-state index in [0.29, 0.717) is 16.8 Å². The van der Waals surface area contributed by atoms with Crippen LogP contribution in [0.2, 0.25) is 0 Å². The summed E-state index contributed by atoms with van der Waals surface area (Å²) < 4.78 is 27.8. The Kier molecular flexibility index (Phi) is 5.20. The first-order chi connectivity index (χ1) is 13.5. The van der Waals surface area contributed by atoms with Crippen LogP contribution < -0.4 is 0 Å². The smallest absolute Gasteiger partial charge is 0.256 e. The lowest BCUT2D eigenvalue weighted by molar-refractivity contribution is 0.0726. The molecule has 0 bridgehead atoms. The van der Waals surface area contributed by atoms with Crippen molar-refractivity contribution in [2.45, 2.75) is 45.2 Å². The lowest BCUT2D eigenvalue weighted by Crippen LogP contribution is -2.35. The molecule has 1 fully saturated rings. The van der Waals surface area contributed by atoms with Crippen LogP contribution in [0, 0.1) is 6.92 Å². The fourth-order valence-electron chi connectivity index (χ4n) is 3.95. The van der Waals surface area contributed by atoms with E-state index >= 15 is 0 Å². The Labute approximate surface area is 163 Å². The van der Waals surface area contributed by atoms with Crippen molar-refractivity contribution in [3.63, 3.8) is 0 Å². The second kappa shape index (κ2) is 7.78. The number of benzene rings is 1. The molecule has 4 nitrogen and oxygen atoms in total. The van der Waals surface area contributed by atoms with E-state index in [-0.39, 0.29) is 30.3 Å². The molecule has 0 saturated carbocycles. The summed E-state index contributed by atoms with van der Waals surface area (Å²) >= 11 is 0. The van der Waals surface area contributed by atoms with Crippen LogP contribution in [0.3, 0.4) is 0 Å². The number of allylic oxidation sites excluding steroid dienone is 2. The van der Waals surface area contributed by atoms with E-state index in [1.54, 1.807) is 0 Å². The number of hydrogen-bond donors (Lipinski definition) is 0. The number of nitrogens with zero attached hydrogens (tertiary/aromatic N) is 3. The first-order valence-electron chi connectivity index (χ1n) is 9.81. The van der Waals surface area contributed by atoms with Gasteiger partial charge in [0, 0.05) is 36.5 Å². The molecule has 1 unspecified atom stereocenters. The number of carbonyl (C=O) groups is 1. The topological polar surface area (TPSA) is 45.6 Å². The first kappa shape index (κ1) is 18.7. The highest BCUT2D eigenvalue weighted by Gasteiger charge is 2.24. The quantitative estimate of drug-likeness (QED) is 0.713. The maximum Gasteiger partial charge on any atom is 0.256 e. The fourth-order valence-corrected chi connectivity index (χ4v) is 3.95. The average molecular weight is 383 g/mol. The average Bonchev–Trinajstić information content (AvgIpc) is 2.71. The zero-order chi connectivity index (χ0) is 19.7. The van der Waals surface area contributed by atoms with Gasteiger partial charge >= 0.3 is 0 Å². The number of fused-ring (bicyclic) bond motifs is 1. The summed E-state index contributed by atoms with van der Waals surface area (Å²) in [6.07, 6.45) is 4.73. The van der Waals surface area contributed by atoms with Crippen LogP contribution in [0.15, 0.2) is 41.3 Å². The normalized spacial score (nSPS) is 21.8. The van der Waals surface area contributed by atoms with Crippen LogP contribution in [0.5, 0.6) is 0 Å². The van der Waals surface area contributed by atoms with Gasteiger partial charge in [-0.15, -0.1) is 0 Å². The van der Waals surface area contributed by atoms with Crippen molar-refractivity contribution < 1.29 is 13.6 Å². The highest BCUT2D eigenvalue weighted by molar-refractivity contribution is 6.11. The molecule has 1 aromatic heterocycles. The zero-order valence-corrected chi connectivity index (χ0v) is 15.9. The highest BCUT2D eigenvalue weighted by atomic mass is 19.1. The Hall–Kier alpha value is -2.63. The van der Waals surface area contributed by atoms with Gasteiger partial charge in [-0.25, -0.2) is 18.8 Å². The number of rotatable bonds is 2. The molecular weight excluding hydrogens is 360 g/mol. The number of halogens is 2. The maximum atomic E-state index is 14.2. The Morgan fingerprint density at radius 2 is 2.04 bits per heavy atom. The minimum Gasteiger partial charge on any atom is -0.339 e. The van der Waals surface area contributed by atoms with Crippen molar-refractivity contribution in [2.24, 2.45) is 4.99 Å². The SMILES string of the molecule is Cc1cccc2c(N=C3C=C(F)CCC3F)ncc(C(=O)N3CCCCC3)c12. The van der Waals surface area contributed by atoms with Gasteiger partial charge in [0.15, 0.2) is 5.82 Å². The molecule has 2 aliphatic rings. The van der Waals surface area contributed by atoms with Crippen molar-refractivity contribution in [2.75, 3.05) is 13.1 Å². The number of alkyl halides is 1. The largest absolute Gasteiger partial charge is 0.339 e. The van der Waals surface area contributed by atoms with Crippen molar-refractivity contribution in [1.29, 1.82) is 0 Å². The monoisotopic (exact) mass is 383 g/mol. The Balaban J connectivity index is 1.82. The van der Waals surface area contributed by atoms with Gasteiger partial charge in [0.2, 0.25) is 0 Å². The van der Waals surface area contributed by atoms with Crippen molar-refractivity contribution >= 4 is 28.2 Å². The van der Waals surface area contributed by atoms with Gasteiger partial charge in [-0.3, -0.25) is 4.79 Å². The van der Waals surface area contributed by atoms with Crippen LogP contribution in [-0.4, -0.2) is 40.8 Å². The van der Waals surface area contributed by atoms with Crippen molar-refractivity contribution in [3.8, 4) is 0 Å². The molecule has 1 aliphatic carbocycles. The van der Waals surface area contributed by atoms with Gasteiger partial charge in [-0.2, -0.15) is 0 Å². The molecule has 0 radical (unpaired) electrons. The number of carbonyl (C=O) groups excluding carboxylic acids is 1. The van der Waals surface area contributed by atoms with Gasteiger partial charge in [0.25, 0.3) is 5.91 Å². The molecule has 2 heterocycles. The van der Waals surface area contributed by atoms with E-state index in [1.165, 1.54) is 6.20 Å². The Bertz CT molecular complexity index is 977. The molecule has 1 saturated heterocycles. The summed E-state index contributed by atoms with van der Waals surface area (Å²) in [6.45, 7) is 3.44. The lowest BCUT2D eigenvalue weighted by Gasteiger charge is -2.27. The minimum atomic E-state index is -1.31. The third kappa shape index (κ3) is 3.55. The Morgan fingerprint density at radius 3 is 2.82 bits per heavy atom. The second-order valence-electron chi connectivity index (χ2n) is 7.48. The number of amides is 1. The zero-order valence-electron chi connectivity index (χ0n) is 15.9. The van der Waals surface area contributed by atoms with E-state index in [0.717, 1.165) is 49.4 Å². The highest BCUT2D eigenvalue weighted by Crippen LogP contribution is 2.32. The number of hydrogen-bond acceptors (Lipinski definition) is 3. The standard InChI is InChI=1S/C22H23F2N3O/c1-14-6-5-7-16-20(14)17(22(28)27-10-3-2-4-11-27)13-25-21(16)26-19-12-15(23)8-9-18(19)24/h5-7,12-13,18H,2-4,8-11H2,1H3. The molecule has 0 spiro atoms. The third-order valence-corrected chi connectivity index (χ3v) is 5.47. The summed E-state index contributed by atoms with van der Waals surface area (Å²) in [4.78, 5) is 23.6. The summed E-state index contributed by atoms with van der Waals surface area (Å²) in [6, 6.07) is 5.63. The van der Waals surface area contributed by atoms with E-state index in [1.807, 2.05) is 30.0 Å². The molecule has 146 valence electrons. The minimum absolute atomic E-state index is 0.0299. The molecule has 2 aromatic rings. The number of aryl methyl sites for hydroxylation is 1. The maximum absolute atomic E-state index is 14.2. The molecule has 1 atom stereocenters. The molecule has 28 heavy (non-hydrogen) atoms. The predicted molar refractivity (Wildman–Crippen MR) is 107 cm³/mol. The van der Waals surface area contributed by atoms with Crippen LogP contribution in [0.1, 0.15) is 48.0 Å². The van der Waals surface area contributed by atoms with Gasteiger partial charge < -0.3 is 4.90 Å². The number of pyridine rings is 1. The van der Waals surface area contributed by atoms with Crippen LogP contribution in [0.25, 0.3) is 10.8 Å². The molecule has 0 N–H and O–H groups in total. The predicted octanol–water partition coefficient (Wildman–Crippen LogP) is 5.23. The van der Waals surface area contributed by atoms with Gasteiger partial charge in [0.1, 0.15) is 12.0 Å². The van der Waals surface area contributed by atoms with E-state index in [4.69, 9.17) is 0 Å². The third-order valence-electron chi connectivity index (χ3n) is 5.47. The molecule has 6 heteroatoms. The van der Waals surface area contributed by atoms with Gasteiger partial charge in [-0.1, -0.05) is 18.2 Å². The van der Waals surface area contributed by atoms with Gasteiger partial charge in [-0.05, 0) is 44.2 Å². The van der Waals surface area contributed by atoms with E-state index < -0.39 is 6.17 Å². The number of likely N-dealkylation sites (tertiary alicyclic amines) is 1. The number of piperidine rings is 1.